The number of nitrogens with zero attached hydrogens (tertiary/aromatic N) is 4. The lowest BCUT2D eigenvalue weighted by atomic mass is 10.0. The number of benzene rings is 1. The molecular weight excluding hydrogens is 330 g/mol. The van der Waals surface area contributed by atoms with Crippen LogP contribution in [0.25, 0.3) is 11.5 Å². The van der Waals surface area contributed by atoms with Crippen molar-refractivity contribution < 1.29 is 9.32 Å². The quantitative estimate of drug-likeness (QED) is 0.912. The van der Waals surface area contributed by atoms with Crippen molar-refractivity contribution >= 4 is 5.91 Å². The normalized spacial score (nSPS) is 13.9. The maximum atomic E-state index is 12.7. The van der Waals surface area contributed by atoms with Gasteiger partial charge in [-0.3, -0.25) is 4.79 Å². The van der Waals surface area contributed by atoms with Gasteiger partial charge in [0.05, 0.1) is 17.2 Å². The number of allylic oxidation sites excluding steroid dienone is 1. The topological polar surface area (TPSA) is 95.0 Å². The first-order chi connectivity index (χ1) is 12.4. The molecule has 3 rings (SSSR count). The molecular formula is C19H19N5O2. The van der Waals surface area contributed by atoms with Crippen LogP contribution >= 0.6 is 0 Å². The number of nitriles is 1. The number of carbonyl (C=O) groups is 1. The monoisotopic (exact) mass is 349 g/mol. The van der Waals surface area contributed by atoms with Crippen LogP contribution < -0.4 is 5.32 Å². The third-order valence-corrected chi connectivity index (χ3v) is 4.12. The smallest absolute Gasteiger partial charge is 0.258 e. The molecule has 2 aromatic rings. The number of aromatic nitrogens is 2. The predicted molar refractivity (Wildman–Crippen MR) is 95.6 cm³/mol. The van der Waals surface area contributed by atoms with Crippen molar-refractivity contribution in [1.82, 2.24) is 20.4 Å². The van der Waals surface area contributed by atoms with Crippen LogP contribution in [-0.2, 0) is 0 Å². The van der Waals surface area contributed by atoms with Gasteiger partial charge in [0, 0.05) is 18.4 Å². The van der Waals surface area contributed by atoms with E-state index in [9.17, 15) is 10.1 Å². The highest BCUT2D eigenvalue weighted by Crippen LogP contribution is 2.23. The Morgan fingerprint density at radius 3 is 2.77 bits per heavy atom. The van der Waals surface area contributed by atoms with Crippen molar-refractivity contribution in [2.45, 2.75) is 26.3 Å². The first-order valence-electron chi connectivity index (χ1n) is 8.18. The second-order valence-corrected chi connectivity index (χ2v) is 6.44. The summed E-state index contributed by atoms with van der Waals surface area (Å²) in [6.07, 6.45) is 5.46. The molecule has 0 spiro atoms. The van der Waals surface area contributed by atoms with E-state index in [0.29, 0.717) is 35.1 Å². The molecule has 26 heavy (non-hydrogen) atoms. The lowest BCUT2D eigenvalue weighted by molar-refractivity contribution is 0.0967. The molecule has 132 valence electrons. The third-order valence-electron chi connectivity index (χ3n) is 4.12. The maximum absolute atomic E-state index is 12.7. The summed E-state index contributed by atoms with van der Waals surface area (Å²) < 4.78 is 5.19. The van der Waals surface area contributed by atoms with Crippen LogP contribution in [0, 0.1) is 18.3 Å². The van der Waals surface area contributed by atoms with Crippen molar-refractivity contribution in [3.05, 3.63) is 59.7 Å². The van der Waals surface area contributed by atoms with E-state index in [2.05, 4.69) is 21.5 Å². The van der Waals surface area contributed by atoms with Crippen molar-refractivity contribution in [2.75, 3.05) is 6.54 Å². The van der Waals surface area contributed by atoms with Crippen molar-refractivity contribution in [3.8, 4) is 17.5 Å². The first kappa shape index (κ1) is 17.4. The fourth-order valence-corrected chi connectivity index (χ4v) is 2.54. The number of rotatable bonds is 4. The molecule has 1 aliphatic heterocycles. The molecule has 7 heteroatoms. The third kappa shape index (κ3) is 3.49. The lowest BCUT2D eigenvalue weighted by Gasteiger charge is -2.33. The largest absolute Gasteiger partial charge is 0.356 e. The van der Waals surface area contributed by atoms with E-state index >= 15 is 0 Å². The van der Waals surface area contributed by atoms with Gasteiger partial charge in [0.1, 0.15) is 5.54 Å². The molecule has 0 fully saturated rings. The molecule has 0 saturated carbocycles. The highest BCUT2D eigenvalue weighted by atomic mass is 16.5. The minimum atomic E-state index is -0.606. The average Bonchev–Trinajstić information content (AvgIpc) is 3.08. The molecule has 0 aliphatic carbocycles. The number of aryl methyl sites for hydroxylation is 1. The molecule has 1 aromatic heterocycles. The minimum absolute atomic E-state index is 0.264. The van der Waals surface area contributed by atoms with E-state index in [1.807, 2.05) is 37.1 Å². The van der Waals surface area contributed by atoms with Gasteiger partial charge in [-0.2, -0.15) is 10.2 Å². The lowest BCUT2D eigenvalue weighted by Crippen LogP contribution is -2.40. The second kappa shape index (κ2) is 6.84. The van der Waals surface area contributed by atoms with Crippen molar-refractivity contribution in [2.24, 2.45) is 0 Å². The standard InChI is InChI=1S/C19H19N5O2/c1-13-21-18(26-23-13)16-7-5-4-6-15(16)17(25)22-14-8-10-24(11-9-14)19(2,3)12-20/h4-10H,11H2,1-3H3,(H,22,25). The van der Waals surface area contributed by atoms with E-state index in [0.717, 1.165) is 0 Å². The fourth-order valence-electron chi connectivity index (χ4n) is 2.54. The van der Waals surface area contributed by atoms with Gasteiger partial charge in [-0.25, -0.2) is 0 Å². The Morgan fingerprint density at radius 2 is 2.15 bits per heavy atom. The molecule has 0 bridgehead atoms. The fraction of sp³-hybridized carbons (Fsp3) is 0.263. The van der Waals surface area contributed by atoms with Crippen LogP contribution in [0.4, 0.5) is 0 Å². The van der Waals surface area contributed by atoms with Gasteiger partial charge < -0.3 is 14.7 Å². The summed E-state index contributed by atoms with van der Waals surface area (Å²) >= 11 is 0. The van der Waals surface area contributed by atoms with Crippen molar-refractivity contribution in [1.29, 1.82) is 5.26 Å². The zero-order chi connectivity index (χ0) is 18.7. The summed E-state index contributed by atoms with van der Waals surface area (Å²) in [7, 11) is 0. The Morgan fingerprint density at radius 1 is 1.38 bits per heavy atom. The number of hydrogen-bond donors (Lipinski definition) is 1. The molecule has 0 saturated heterocycles. The molecule has 1 N–H and O–H groups in total. The summed E-state index contributed by atoms with van der Waals surface area (Å²) in [6, 6.07) is 9.33. The summed E-state index contributed by atoms with van der Waals surface area (Å²) in [5.41, 5.74) is 1.10. The molecule has 1 aliphatic rings. The molecule has 1 aromatic carbocycles. The molecule has 2 heterocycles. The summed E-state index contributed by atoms with van der Waals surface area (Å²) in [5.74, 6) is 0.553. The van der Waals surface area contributed by atoms with E-state index in [1.165, 1.54) is 0 Å². The van der Waals surface area contributed by atoms with E-state index in [1.54, 1.807) is 31.2 Å². The summed E-state index contributed by atoms with van der Waals surface area (Å²) in [6.45, 7) is 5.95. The van der Waals surface area contributed by atoms with Gasteiger partial charge in [-0.1, -0.05) is 17.3 Å². The number of hydrogen-bond acceptors (Lipinski definition) is 6. The van der Waals surface area contributed by atoms with Crippen LogP contribution in [0.1, 0.15) is 30.0 Å². The SMILES string of the molecule is Cc1noc(-c2ccccc2C(=O)NC2=CCN(C(C)(C)C#N)C=C2)n1. The zero-order valence-electron chi connectivity index (χ0n) is 14.9. The van der Waals surface area contributed by atoms with Crippen LogP contribution in [0.2, 0.25) is 0 Å². The van der Waals surface area contributed by atoms with Crippen LogP contribution in [0.3, 0.4) is 0 Å². The van der Waals surface area contributed by atoms with Gasteiger partial charge in [0.2, 0.25) is 0 Å². The van der Waals surface area contributed by atoms with Gasteiger partial charge in [-0.05, 0) is 45.1 Å². The maximum Gasteiger partial charge on any atom is 0.258 e. The van der Waals surface area contributed by atoms with Crippen LogP contribution in [-0.4, -0.2) is 33.0 Å². The first-order valence-corrected chi connectivity index (χ1v) is 8.18. The van der Waals surface area contributed by atoms with E-state index in [-0.39, 0.29) is 5.91 Å². The highest BCUT2D eigenvalue weighted by molar-refractivity contribution is 6.01. The summed E-state index contributed by atoms with van der Waals surface area (Å²) in [5, 5.41) is 15.9. The molecule has 1 amide bonds. The minimum Gasteiger partial charge on any atom is -0.356 e. The van der Waals surface area contributed by atoms with Crippen LogP contribution in [0.5, 0.6) is 0 Å². The number of carbonyl (C=O) groups excluding carboxylic acids is 1. The van der Waals surface area contributed by atoms with Gasteiger partial charge in [-0.15, -0.1) is 0 Å². The number of amides is 1. The Bertz CT molecular complexity index is 933. The van der Waals surface area contributed by atoms with Gasteiger partial charge in [0.15, 0.2) is 5.82 Å². The Balaban J connectivity index is 1.77. The average molecular weight is 349 g/mol. The van der Waals surface area contributed by atoms with Gasteiger partial charge in [0.25, 0.3) is 11.8 Å². The Hall–Kier alpha value is -3.40. The summed E-state index contributed by atoms with van der Waals surface area (Å²) in [4.78, 5) is 18.8. The zero-order valence-corrected chi connectivity index (χ0v) is 14.9. The van der Waals surface area contributed by atoms with E-state index < -0.39 is 5.54 Å². The molecule has 0 unspecified atom stereocenters. The predicted octanol–water partition coefficient (Wildman–Crippen LogP) is 2.79. The highest BCUT2D eigenvalue weighted by Gasteiger charge is 2.24. The Kier molecular flexibility index (Phi) is 4.59. The van der Waals surface area contributed by atoms with Gasteiger partial charge >= 0.3 is 0 Å². The number of nitrogens with one attached hydrogen (secondary N) is 1. The molecule has 0 atom stereocenters. The van der Waals surface area contributed by atoms with E-state index in [4.69, 9.17) is 4.52 Å². The Labute approximate surface area is 151 Å². The van der Waals surface area contributed by atoms with Crippen LogP contribution in [0.15, 0.2) is 52.8 Å². The second-order valence-electron chi connectivity index (χ2n) is 6.44. The molecule has 7 nitrogen and oxygen atoms in total. The van der Waals surface area contributed by atoms with Crippen molar-refractivity contribution in [3.63, 3.8) is 0 Å². The molecule has 0 radical (unpaired) electrons.